The van der Waals surface area contributed by atoms with Crippen molar-refractivity contribution in [2.24, 2.45) is 5.41 Å². The van der Waals surface area contributed by atoms with Gasteiger partial charge >= 0.3 is 0 Å². The van der Waals surface area contributed by atoms with Gasteiger partial charge in [0.2, 0.25) is 0 Å². The van der Waals surface area contributed by atoms with Crippen molar-refractivity contribution in [1.82, 2.24) is 4.40 Å². The molecule has 0 aromatic carbocycles. The van der Waals surface area contributed by atoms with Gasteiger partial charge in [0.15, 0.2) is 5.78 Å². The van der Waals surface area contributed by atoms with E-state index in [0.717, 1.165) is 40.9 Å². The van der Waals surface area contributed by atoms with E-state index in [4.69, 9.17) is 4.74 Å². The molecule has 19 heavy (non-hydrogen) atoms. The van der Waals surface area contributed by atoms with Crippen LogP contribution in [-0.2, 0) is 6.42 Å². The Bertz CT molecular complexity index is 680. The smallest absolute Gasteiger partial charge is 0.170 e. The van der Waals surface area contributed by atoms with E-state index in [1.165, 1.54) is 0 Å². The van der Waals surface area contributed by atoms with Crippen LogP contribution in [0.25, 0.3) is 5.52 Å². The lowest BCUT2D eigenvalue weighted by atomic mass is 9.74. The summed E-state index contributed by atoms with van der Waals surface area (Å²) >= 11 is 0. The molecule has 0 unspecified atom stereocenters. The lowest BCUT2D eigenvalue weighted by Gasteiger charge is -2.28. The minimum Gasteiger partial charge on any atom is -0.497 e. The second-order valence-electron chi connectivity index (χ2n) is 5.98. The highest BCUT2D eigenvalue weighted by Crippen LogP contribution is 2.39. The molecule has 0 amide bonds. The molecule has 0 aliphatic heterocycles. The van der Waals surface area contributed by atoms with Gasteiger partial charge in [0, 0.05) is 28.9 Å². The summed E-state index contributed by atoms with van der Waals surface area (Å²) in [6.45, 7) is 6.12. The molecule has 0 saturated carbocycles. The number of carbonyl (C=O) groups excluding carboxylic acids is 1. The van der Waals surface area contributed by atoms with E-state index in [1.807, 2.05) is 39.1 Å². The largest absolute Gasteiger partial charge is 0.497 e. The number of aryl methyl sites for hydroxylation is 2. The first-order chi connectivity index (χ1) is 8.95. The third-order valence-electron chi connectivity index (χ3n) is 4.33. The topological polar surface area (TPSA) is 30.7 Å². The number of nitrogens with zero attached hydrogens (tertiary/aromatic N) is 1. The average molecular weight is 257 g/mol. The van der Waals surface area contributed by atoms with E-state index >= 15 is 0 Å². The van der Waals surface area contributed by atoms with Crippen LogP contribution in [-0.4, -0.2) is 17.3 Å². The molecular weight excluding hydrogens is 238 g/mol. The highest BCUT2D eigenvalue weighted by molar-refractivity contribution is 6.05. The predicted octanol–water partition coefficient (Wildman–Crippen LogP) is 3.41. The van der Waals surface area contributed by atoms with E-state index in [9.17, 15) is 4.79 Å². The van der Waals surface area contributed by atoms with Crippen molar-refractivity contribution in [3.05, 3.63) is 35.2 Å². The van der Waals surface area contributed by atoms with Crippen molar-refractivity contribution >= 4 is 11.3 Å². The van der Waals surface area contributed by atoms with Crippen molar-refractivity contribution in [2.45, 2.75) is 33.6 Å². The van der Waals surface area contributed by atoms with Crippen molar-refractivity contribution in [3.8, 4) is 5.75 Å². The van der Waals surface area contributed by atoms with Gasteiger partial charge in [-0.3, -0.25) is 4.79 Å². The number of Topliss-reactive ketones (excluding diaryl/α,β-unsaturated/α-hetero) is 1. The third kappa shape index (κ3) is 1.61. The predicted molar refractivity (Wildman–Crippen MR) is 75.1 cm³/mol. The molecule has 1 aliphatic rings. The number of methoxy groups -OCH3 is 1. The normalized spacial score (nSPS) is 17.6. The monoisotopic (exact) mass is 257 g/mol. The summed E-state index contributed by atoms with van der Waals surface area (Å²) < 4.78 is 7.42. The maximum Gasteiger partial charge on any atom is 0.170 e. The van der Waals surface area contributed by atoms with Gasteiger partial charge in [0.1, 0.15) is 5.75 Å². The van der Waals surface area contributed by atoms with Crippen molar-refractivity contribution in [1.29, 1.82) is 0 Å². The van der Waals surface area contributed by atoms with Gasteiger partial charge in [-0.25, -0.2) is 0 Å². The zero-order chi connectivity index (χ0) is 13.8. The molecule has 2 heterocycles. The Balaban J connectivity index is 2.32. The molecule has 1 aliphatic carbocycles. The number of ether oxygens (including phenoxy) is 1. The summed E-state index contributed by atoms with van der Waals surface area (Å²) in [6, 6.07) is 3.95. The number of hydrogen-bond acceptors (Lipinski definition) is 2. The zero-order valence-electron chi connectivity index (χ0n) is 11.9. The van der Waals surface area contributed by atoms with Gasteiger partial charge in [-0.15, -0.1) is 0 Å². The molecule has 3 rings (SSSR count). The molecule has 0 bridgehead atoms. The first-order valence-corrected chi connectivity index (χ1v) is 6.68. The average Bonchev–Trinajstić information content (AvgIpc) is 2.67. The molecule has 2 aromatic rings. The Morgan fingerprint density at radius 3 is 2.79 bits per heavy atom. The van der Waals surface area contributed by atoms with Crippen LogP contribution in [0.15, 0.2) is 18.3 Å². The van der Waals surface area contributed by atoms with Crippen LogP contribution in [0, 0.1) is 12.3 Å². The fourth-order valence-electron chi connectivity index (χ4n) is 3.03. The molecule has 0 fully saturated rings. The van der Waals surface area contributed by atoms with Gasteiger partial charge in [-0.1, -0.05) is 13.8 Å². The molecule has 100 valence electrons. The number of ketones is 1. The minimum absolute atomic E-state index is 0.243. The quantitative estimate of drug-likeness (QED) is 0.783. The molecular formula is C16H19NO2. The number of pyridine rings is 1. The second-order valence-corrected chi connectivity index (χ2v) is 5.98. The third-order valence-corrected chi connectivity index (χ3v) is 4.33. The maximum absolute atomic E-state index is 12.6. The summed E-state index contributed by atoms with van der Waals surface area (Å²) in [4.78, 5) is 12.6. The van der Waals surface area contributed by atoms with Crippen molar-refractivity contribution in [2.75, 3.05) is 7.11 Å². The number of fused-ring (bicyclic) bond motifs is 3. The van der Waals surface area contributed by atoms with Crippen LogP contribution in [0.1, 0.15) is 41.9 Å². The number of hydrogen-bond donors (Lipinski definition) is 0. The van der Waals surface area contributed by atoms with Crippen LogP contribution in [0.5, 0.6) is 5.75 Å². The first-order valence-electron chi connectivity index (χ1n) is 6.68. The zero-order valence-corrected chi connectivity index (χ0v) is 11.9. The van der Waals surface area contributed by atoms with Crippen LogP contribution in [0.4, 0.5) is 0 Å². The van der Waals surface area contributed by atoms with Crippen molar-refractivity contribution < 1.29 is 9.53 Å². The van der Waals surface area contributed by atoms with Gasteiger partial charge in [0.25, 0.3) is 0 Å². The molecule has 0 saturated heterocycles. The summed E-state index contributed by atoms with van der Waals surface area (Å²) in [5.41, 5.74) is 3.98. The first kappa shape index (κ1) is 12.3. The van der Waals surface area contributed by atoms with E-state index in [-0.39, 0.29) is 11.2 Å². The van der Waals surface area contributed by atoms with Gasteiger partial charge < -0.3 is 9.14 Å². The molecule has 2 aromatic heterocycles. The standard InChI is InChI=1S/C16H19NO2/c1-10-13-9-11(19-4)6-8-17(13)12-5-7-16(2,3)15(18)14(10)12/h6,8-9H,5,7H2,1-4H3. The molecule has 3 heteroatoms. The summed E-state index contributed by atoms with van der Waals surface area (Å²) in [5.74, 6) is 1.10. The summed E-state index contributed by atoms with van der Waals surface area (Å²) in [7, 11) is 1.66. The molecule has 0 N–H and O–H groups in total. The van der Waals surface area contributed by atoms with Crippen molar-refractivity contribution in [3.63, 3.8) is 0 Å². The second kappa shape index (κ2) is 3.86. The van der Waals surface area contributed by atoms with Gasteiger partial charge in [-0.05, 0) is 31.4 Å². The summed E-state index contributed by atoms with van der Waals surface area (Å²) in [6.07, 6.45) is 3.87. The Labute approximate surface area is 113 Å². The highest BCUT2D eigenvalue weighted by atomic mass is 16.5. The molecule has 3 nitrogen and oxygen atoms in total. The summed E-state index contributed by atoms with van der Waals surface area (Å²) in [5, 5.41) is 0. The fraction of sp³-hybridized carbons (Fsp3) is 0.438. The van der Waals surface area contributed by atoms with E-state index in [2.05, 4.69) is 4.40 Å². The van der Waals surface area contributed by atoms with E-state index < -0.39 is 0 Å². The van der Waals surface area contributed by atoms with Crippen LogP contribution >= 0.6 is 0 Å². The van der Waals surface area contributed by atoms with Crippen LogP contribution in [0.3, 0.4) is 0 Å². The minimum atomic E-state index is -0.243. The van der Waals surface area contributed by atoms with E-state index in [0.29, 0.717) is 0 Å². The molecule has 0 radical (unpaired) electrons. The Morgan fingerprint density at radius 2 is 2.11 bits per heavy atom. The highest BCUT2D eigenvalue weighted by Gasteiger charge is 2.37. The molecule has 0 spiro atoms. The Morgan fingerprint density at radius 1 is 1.37 bits per heavy atom. The van der Waals surface area contributed by atoms with Gasteiger partial charge in [-0.2, -0.15) is 0 Å². The Kier molecular flexibility index (Phi) is 2.49. The van der Waals surface area contributed by atoms with Crippen LogP contribution in [0.2, 0.25) is 0 Å². The number of carbonyl (C=O) groups is 1. The lowest BCUT2D eigenvalue weighted by molar-refractivity contribution is 0.0809. The van der Waals surface area contributed by atoms with Gasteiger partial charge in [0.05, 0.1) is 12.6 Å². The van der Waals surface area contributed by atoms with E-state index in [1.54, 1.807) is 7.11 Å². The maximum atomic E-state index is 12.6. The van der Waals surface area contributed by atoms with Crippen LogP contribution < -0.4 is 4.74 Å². The number of aromatic nitrogens is 1. The molecule has 0 atom stereocenters. The lowest BCUT2D eigenvalue weighted by Crippen LogP contribution is -2.30. The SMILES string of the molecule is COc1ccn2c3c(c(C)c2c1)C(=O)C(C)(C)CC3. The fourth-order valence-corrected chi connectivity index (χ4v) is 3.03. The number of rotatable bonds is 1. The Hall–Kier alpha value is -1.77.